The van der Waals surface area contributed by atoms with Crippen molar-refractivity contribution in [3.63, 3.8) is 0 Å². The molecule has 0 bridgehead atoms. The molecule has 8 heteroatoms. The molecule has 0 saturated carbocycles. The molecule has 0 spiro atoms. The van der Waals surface area contributed by atoms with Gasteiger partial charge >= 0.3 is 0 Å². The standard InChI is InChI=1S/C22H17FN4O2S/c1-14-19(16-5-3-2-4-6-16)20-21(30-14)24-13-27(22(20)29)12-18(28)26-25-11-15-7-9-17(23)10-8-15/h2-11,13H,12H2,1H3,(H,26,28)/b25-11+. The van der Waals surface area contributed by atoms with Gasteiger partial charge in [-0.15, -0.1) is 11.3 Å². The number of carbonyl (C=O) groups is 1. The number of hydrogen-bond donors (Lipinski definition) is 1. The van der Waals surface area contributed by atoms with Crippen LogP contribution in [0.25, 0.3) is 21.3 Å². The Morgan fingerprint density at radius 1 is 1.20 bits per heavy atom. The summed E-state index contributed by atoms with van der Waals surface area (Å²) >= 11 is 1.45. The van der Waals surface area contributed by atoms with Gasteiger partial charge in [-0.05, 0) is 30.2 Å². The molecule has 0 atom stereocenters. The van der Waals surface area contributed by atoms with E-state index in [-0.39, 0.29) is 17.9 Å². The second kappa shape index (κ2) is 8.38. The molecule has 6 nitrogen and oxygen atoms in total. The van der Waals surface area contributed by atoms with Crippen LogP contribution in [0, 0.1) is 12.7 Å². The summed E-state index contributed by atoms with van der Waals surface area (Å²) in [6, 6.07) is 15.3. The SMILES string of the molecule is Cc1sc2ncn(CC(=O)N/N=C/c3ccc(F)cc3)c(=O)c2c1-c1ccccc1. The molecule has 1 N–H and O–H groups in total. The number of amides is 1. The van der Waals surface area contributed by atoms with Crippen LogP contribution in [0.5, 0.6) is 0 Å². The van der Waals surface area contributed by atoms with Gasteiger partial charge in [-0.3, -0.25) is 14.2 Å². The molecule has 0 radical (unpaired) electrons. The quantitative estimate of drug-likeness (QED) is 0.395. The first-order valence-corrected chi connectivity index (χ1v) is 9.96. The Balaban J connectivity index is 1.57. The summed E-state index contributed by atoms with van der Waals surface area (Å²) in [4.78, 5) is 31.3. The average Bonchev–Trinajstić information content (AvgIpc) is 3.09. The van der Waals surface area contributed by atoms with Gasteiger partial charge in [0.1, 0.15) is 17.2 Å². The number of aromatic nitrogens is 2. The number of thiophene rings is 1. The smallest absolute Gasteiger partial charge is 0.263 e. The maximum Gasteiger partial charge on any atom is 0.263 e. The second-order valence-electron chi connectivity index (χ2n) is 6.60. The van der Waals surface area contributed by atoms with Crippen LogP contribution in [0.15, 0.2) is 70.8 Å². The van der Waals surface area contributed by atoms with E-state index in [9.17, 15) is 14.0 Å². The Bertz CT molecular complexity index is 1290. The molecular weight excluding hydrogens is 403 g/mol. The monoisotopic (exact) mass is 420 g/mol. The van der Waals surface area contributed by atoms with E-state index in [0.29, 0.717) is 15.8 Å². The summed E-state index contributed by atoms with van der Waals surface area (Å²) in [5, 5.41) is 4.36. The number of hydrazone groups is 1. The van der Waals surface area contributed by atoms with Gasteiger partial charge in [0.15, 0.2) is 0 Å². The molecule has 1 amide bonds. The number of carbonyl (C=O) groups excluding carboxylic acids is 1. The lowest BCUT2D eigenvalue weighted by Gasteiger charge is -2.06. The number of fused-ring (bicyclic) bond motifs is 1. The first-order valence-electron chi connectivity index (χ1n) is 9.14. The van der Waals surface area contributed by atoms with E-state index < -0.39 is 5.91 Å². The van der Waals surface area contributed by atoms with Crippen molar-refractivity contribution in [2.75, 3.05) is 0 Å². The first kappa shape index (κ1) is 19.7. The Labute approximate surface area is 175 Å². The molecule has 150 valence electrons. The molecule has 0 unspecified atom stereocenters. The maximum absolute atomic E-state index is 13.1. The third kappa shape index (κ3) is 4.04. The van der Waals surface area contributed by atoms with Crippen LogP contribution in [0.2, 0.25) is 0 Å². The third-order valence-electron chi connectivity index (χ3n) is 4.50. The fraction of sp³-hybridized carbons (Fsp3) is 0.0909. The van der Waals surface area contributed by atoms with Crippen LogP contribution >= 0.6 is 11.3 Å². The minimum absolute atomic E-state index is 0.217. The molecule has 0 aliphatic heterocycles. The van der Waals surface area contributed by atoms with E-state index in [1.807, 2.05) is 37.3 Å². The van der Waals surface area contributed by atoms with E-state index >= 15 is 0 Å². The van der Waals surface area contributed by atoms with Crippen LogP contribution in [0.4, 0.5) is 4.39 Å². The van der Waals surface area contributed by atoms with Crippen molar-refractivity contribution in [2.24, 2.45) is 5.10 Å². The molecule has 4 rings (SSSR count). The Morgan fingerprint density at radius 3 is 2.67 bits per heavy atom. The number of halogens is 1. The van der Waals surface area contributed by atoms with Gasteiger partial charge in [0.25, 0.3) is 11.5 Å². The van der Waals surface area contributed by atoms with Gasteiger partial charge in [0, 0.05) is 10.4 Å². The van der Waals surface area contributed by atoms with Crippen LogP contribution < -0.4 is 11.0 Å². The summed E-state index contributed by atoms with van der Waals surface area (Å²) < 4.78 is 14.2. The number of hydrogen-bond acceptors (Lipinski definition) is 5. The Morgan fingerprint density at radius 2 is 1.93 bits per heavy atom. The van der Waals surface area contributed by atoms with Gasteiger partial charge in [0.2, 0.25) is 0 Å². The molecule has 2 aromatic heterocycles. The largest absolute Gasteiger partial charge is 0.289 e. The lowest BCUT2D eigenvalue weighted by molar-refractivity contribution is -0.121. The zero-order valence-corrected chi connectivity index (χ0v) is 16.8. The van der Waals surface area contributed by atoms with Gasteiger partial charge < -0.3 is 0 Å². The maximum atomic E-state index is 13.1. The lowest BCUT2D eigenvalue weighted by atomic mass is 10.0. The molecular formula is C22H17FN4O2S. The third-order valence-corrected chi connectivity index (χ3v) is 5.52. The Hall–Kier alpha value is -3.65. The normalized spacial score (nSPS) is 11.3. The van der Waals surface area contributed by atoms with Gasteiger partial charge in [-0.25, -0.2) is 14.8 Å². The predicted molar refractivity (Wildman–Crippen MR) is 116 cm³/mol. The molecule has 2 aromatic carbocycles. The summed E-state index contributed by atoms with van der Waals surface area (Å²) in [6.07, 6.45) is 2.77. The highest BCUT2D eigenvalue weighted by Crippen LogP contribution is 2.35. The van der Waals surface area contributed by atoms with E-state index in [4.69, 9.17) is 0 Å². The average molecular weight is 420 g/mol. The van der Waals surface area contributed by atoms with Crippen molar-refractivity contribution in [3.05, 3.63) is 87.5 Å². The zero-order valence-electron chi connectivity index (χ0n) is 16.0. The van der Waals surface area contributed by atoms with E-state index in [0.717, 1.165) is 16.0 Å². The number of rotatable bonds is 5. The molecule has 0 aliphatic rings. The van der Waals surface area contributed by atoms with Crippen molar-refractivity contribution < 1.29 is 9.18 Å². The molecule has 30 heavy (non-hydrogen) atoms. The van der Waals surface area contributed by atoms with Crippen molar-refractivity contribution in [2.45, 2.75) is 13.5 Å². The molecule has 0 saturated heterocycles. The van der Waals surface area contributed by atoms with Crippen LogP contribution in [-0.4, -0.2) is 21.7 Å². The summed E-state index contributed by atoms with van der Waals surface area (Å²) in [7, 11) is 0. The minimum Gasteiger partial charge on any atom is -0.289 e. The highest BCUT2D eigenvalue weighted by atomic mass is 32.1. The van der Waals surface area contributed by atoms with Crippen LogP contribution in [0.3, 0.4) is 0 Å². The molecule has 4 aromatic rings. The molecule has 0 aliphatic carbocycles. The van der Waals surface area contributed by atoms with Gasteiger partial charge in [0.05, 0.1) is 17.9 Å². The summed E-state index contributed by atoms with van der Waals surface area (Å²) in [5.74, 6) is -0.818. The van der Waals surface area contributed by atoms with Crippen molar-refractivity contribution in [1.82, 2.24) is 15.0 Å². The number of benzene rings is 2. The van der Waals surface area contributed by atoms with Crippen molar-refractivity contribution in [1.29, 1.82) is 0 Å². The minimum atomic E-state index is -0.468. The second-order valence-corrected chi connectivity index (χ2v) is 7.80. The van der Waals surface area contributed by atoms with Crippen molar-refractivity contribution >= 4 is 33.7 Å². The number of nitrogens with one attached hydrogen (secondary N) is 1. The summed E-state index contributed by atoms with van der Waals surface area (Å²) in [6.45, 7) is 1.74. The highest BCUT2D eigenvalue weighted by molar-refractivity contribution is 7.19. The van der Waals surface area contributed by atoms with Crippen molar-refractivity contribution in [3.8, 4) is 11.1 Å². The summed E-state index contributed by atoms with van der Waals surface area (Å²) in [5.41, 5.74) is 4.51. The zero-order chi connectivity index (χ0) is 21.1. The lowest BCUT2D eigenvalue weighted by Crippen LogP contribution is -2.30. The van der Waals surface area contributed by atoms with E-state index in [1.165, 1.54) is 52.7 Å². The van der Waals surface area contributed by atoms with E-state index in [1.54, 1.807) is 0 Å². The predicted octanol–water partition coefficient (Wildman–Crippen LogP) is 3.72. The van der Waals surface area contributed by atoms with E-state index in [2.05, 4.69) is 15.5 Å². The number of aryl methyl sites for hydroxylation is 1. The highest BCUT2D eigenvalue weighted by Gasteiger charge is 2.17. The fourth-order valence-corrected chi connectivity index (χ4v) is 4.12. The van der Waals surface area contributed by atoms with Gasteiger partial charge in [-0.1, -0.05) is 42.5 Å². The van der Waals surface area contributed by atoms with Crippen LogP contribution in [0.1, 0.15) is 10.4 Å². The first-order chi connectivity index (χ1) is 14.5. The topological polar surface area (TPSA) is 76.3 Å². The van der Waals surface area contributed by atoms with Gasteiger partial charge in [-0.2, -0.15) is 5.10 Å². The number of nitrogens with zero attached hydrogens (tertiary/aromatic N) is 3. The van der Waals surface area contributed by atoms with Crippen LogP contribution in [-0.2, 0) is 11.3 Å². The molecule has 2 heterocycles. The Kier molecular flexibility index (Phi) is 5.49. The molecule has 0 fully saturated rings. The fourth-order valence-electron chi connectivity index (χ4n) is 3.12.